The molecule has 0 unspecified atom stereocenters. The molecule has 0 saturated carbocycles. The minimum Gasteiger partial charge on any atom is -0.462 e. The van der Waals surface area contributed by atoms with Gasteiger partial charge in [-0.3, -0.25) is 5.32 Å². The number of hydrogen-bond donors (Lipinski definition) is 3. The molecule has 1 aromatic carbocycles. The van der Waals surface area contributed by atoms with Gasteiger partial charge in [0.1, 0.15) is 23.7 Å². The lowest BCUT2D eigenvalue weighted by molar-refractivity contribution is 0.0636. The van der Waals surface area contributed by atoms with Crippen LogP contribution in [0.4, 0.5) is 16.2 Å². The molecule has 3 N–H and O–H groups in total. The SMILES string of the molecule is CC(C)(C)OC(=O)Nc1cccc(NCc2ccc(CO)o2)c1. The van der Waals surface area contributed by atoms with Gasteiger partial charge in [-0.05, 0) is 51.1 Å². The second-order valence-electron chi connectivity index (χ2n) is 6.09. The van der Waals surface area contributed by atoms with Crippen molar-refractivity contribution in [3.8, 4) is 0 Å². The monoisotopic (exact) mass is 318 g/mol. The number of carbonyl (C=O) groups excluding carboxylic acids is 1. The number of anilines is 2. The summed E-state index contributed by atoms with van der Waals surface area (Å²) in [5, 5.41) is 14.9. The van der Waals surface area contributed by atoms with Gasteiger partial charge in [-0.25, -0.2) is 4.79 Å². The van der Waals surface area contributed by atoms with E-state index in [1.807, 2.05) is 32.9 Å². The highest BCUT2D eigenvalue weighted by molar-refractivity contribution is 5.85. The Balaban J connectivity index is 1.92. The normalized spacial score (nSPS) is 11.1. The molecule has 0 saturated heterocycles. The van der Waals surface area contributed by atoms with E-state index in [2.05, 4.69) is 10.6 Å². The average Bonchev–Trinajstić information content (AvgIpc) is 2.91. The molecule has 0 aliphatic carbocycles. The van der Waals surface area contributed by atoms with Crippen LogP contribution in [0.25, 0.3) is 0 Å². The number of ether oxygens (including phenoxy) is 1. The van der Waals surface area contributed by atoms with Gasteiger partial charge < -0.3 is 19.6 Å². The van der Waals surface area contributed by atoms with Gasteiger partial charge in [0.2, 0.25) is 0 Å². The Morgan fingerprint density at radius 3 is 2.52 bits per heavy atom. The highest BCUT2D eigenvalue weighted by Crippen LogP contribution is 2.18. The fourth-order valence-electron chi connectivity index (χ4n) is 1.92. The van der Waals surface area contributed by atoms with Gasteiger partial charge in [-0.1, -0.05) is 6.07 Å². The third-order valence-corrected chi connectivity index (χ3v) is 2.85. The van der Waals surface area contributed by atoms with Crippen LogP contribution in [-0.2, 0) is 17.9 Å². The molecule has 124 valence electrons. The third-order valence-electron chi connectivity index (χ3n) is 2.85. The summed E-state index contributed by atoms with van der Waals surface area (Å²) < 4.78 is 10.6. The zero-order chi connectivity index (χ0) is 16.9. The predicted octanol–water partition coefficient (Wildman–Crippen LogP) is 3.73. The minimum absolute atomic E-state index is 0.116. The van der Waals surface area contributed by atoms with E-state index in [9.17, 15) is 4.79 Å². The maximum Gasteiger partial charge on any atom is 0.412 e. The highest BCUT2D eigenvalue weighted by atomic mass is 16.6. The molecule has 0 bridgehead atoms. The van der Waals surface area contributed by atoms with Crippen molar-refractivity contribution in [2.45, 2.75) is 39.5 Å². The van der Waals surface area contributed by atoms with E-state index < -0.39 is 11.7 Å². The number of amides is 1. The molecule has 6 heteroatoms. The first-order valence-corrected chi connectivity index (χ1v) is 7.38. The minimum atomic E-state index is -0.538. The van der Waals surface area contributed by atoms with Gasteiger partial charge >= 0.3 is 6.09 Å². The lowest BCUT2D eigenvalue weighted by atomic mass is 10.2. The zero-order valence-electron chi connectivity index (χ0n) is 13.6. The Kier molecular flexibility index (Phi) is 5.28. The Hall–Kier alpha value is -2.47. The van der Waals surface area contributed by atoms with Crippen molar-refractivity contribution in [1.29, 1.82) is 0 Å². The summed E-state index contributed by atoms with van der Waals surface area (Å²) in [7, 11) is 0. The Morgan fingerprint density at radius 2 is 1.87 bits per heavy atom. The second kappa shape index (κ2) is 7.19. The van der Waals surface area contributed by atoms with Crippen LogP contribution < -0.4 is 10.6 Å². The molecule has 6 nitrogen and oxygen atoms in total. The molecule has 0 atom stereocenters. The van der Waals surface area contributed by atoms with E-state index in [0.717, 1.165) is 11.4 Å². The van der Waals surface area contributed by atoms with Crippen molar-refractivity contribution in [2.24, 2.45) is 0 Å². The molecule has 0 spiro atoms. The fraction of sp³-hybridized carbons (Fsp3) is 0.353. The number of benzene rings is 1. The lowest BCUT2D eigenvalue weighted by Gasteiger charge is -2.19. The van der Waals surface area contributed by atoms with Crippen LogP contribution in [0.2, 0.25) is 0 Å². The van der Waals surface area contributed by atoms with Crippen LogP contribution in [-0.4, -0.2) is 16.8 Å². The van der Waals surface area contributed by atoms with E-state index in [-0.39, 0.29) is 6.61 Å². The van der Waals surface area contributed by atoms with E-state index in [1.165, 1.54) is 0 Å². The van der Waals surface area contributed by atoms with Gasteiger partial charge in [-0.2, -0.15) is 0 Å². The fourth-order valence-corrected chi connectivity index (χ4v) is 1.92. The Labute approximate surface area is 135 Å². The van der Waals surface area contributed by atoms with E-state index in [1.54, 1.807) is 24.3 Å². The van der Waals surface area contributed by atoms with Crippen LogP contribution in [0, 0.1) is 0 Å². The van der Waals surface area contributed by atoms with E-state index >= 15 is 0 Å². The third kappa shape index (κ3) is 5.67. The summed E-state index contributed by atoms with van der Waals surface area (Å²) in [6, 6.07) is 10.8. The summed E-state index contributed by atoms with van der Waals surface area (Å²) in [6.45, 7) is 5.81. The number of nitrogens with one attached hydrogen (secondary N) is 2. The molecule has 1 aromatic heterocycles. The van der Waals surface area contributed by atoms with Crippen LogP contribution in [0.1, 0.15) is 32.3 Å². The van der Waals surface area contributed by atoms with Crippen molar-refractivity contribution < 1.29 is 19.1 Å². The maximum absolute atomic E-state index is 11.8. The number of rotatable bonds is 5. The number of aliphatic hydroxyl groups excluding tert-OH is 1. The summed E-state index contributed by atoms with van der Waals surface area (Å²) in [5.41, 5.74) is 0.934. The van der Waals surface area contributed by atoms with Gasteiger partial charge in [-0.15, -0.1) is 0 Å². The maximum atomic E-state index is 11.8. The van der Waals surface area contributed by atoms with Gasteiger partial charge in [0.05, 0.1) is 6.54 Å². The number of furan rings is 1. The smallest absolute Gasteiger partial charge is 0.412 e. The summed E-state index contributed by atoms with van der Waals surface area (Å²) in [4.78, 5) is 11.8. The van der Waals surface area contributed by atoms with Crippen LogP contribution in [0.5, 0.6) is 0 Å². The standard InChI is InChI=1S/C17H22N2O4/c1-17(2,3)23-16(21)19-13-6-4-5-12(9-13)18-10-14-7-8-15(11-20)22-14/h4-9,18,20H,10-11H2,1-3H3,(H,19,21). The first kappa shape index (κ1) is 16.9. The summed E-state index contributed by atoms with van der Waals surface area (Å²) in [5.74, 6) is 1.25. The number of hydrogen-bond acceptors (Lipinski definition) is 5. The molecule has 0 radical (unpaired) electrons. The van der Waals surface area contributed by atoms with Crippen molar-refractivity contribution in [2.75, 3.05) is 10.6 Å². The van der Waals surface area contributed by atoms with E-state index in [4.69, 9.17) is 14.3 Å². The average molecular weight is 318 g/mol. The molecule has 2 aromatic rings. The topological polar surface area (TPSA) is 83.7 Å². The predicted molar refractivity (Wildman–Crippen MR) is 88.3 cm³/mol. The van der Waals surface area contributed by atoms with Gasteiger partial charge in [0, 0.05) is 11.4 Å². The molecule has 1 heterocycles. The molecule has 0 fully saturated rings. The Bertz CT molecular complexity index is 659. The summed E-state index contributed by atoms with van der Waals surface area (Å²) in [6.07, 6.45) is -0.492. The Morgan fingerprint density at radius 1 is 1.17 bits per heavy atom. The van der Waals surface area contributed by atoms with Gasteiger partial charge in [0.15, 0.2) is 0 Å². The zero-order valence-corrected chi connectivity index (χ0v) is 13.6. The number of carbonyl (C=O) groups is 1. The second-order valence-corrected chi connectivity index (χ2v) is 6.09. The molecule has 0 aliphatic heterocycles. The molecular weight excluding hydrogens is 296 g/mol. The molecule has 2 rings (SSSR count). The van der Waals surface area contributed by atoms with Gasteiger partial charge in [0.25, 0.3) is 0 Å². The lowest BCUT2D eigenvalue weighted by Crippen LogP contribution is -2.27. The van der Waals surface area contributed by atoms with Crippen LogP contribution >= 0.6 is 0 Å². The molecule has 0 aliphatic rings. The van der Waals surface area contributed by atoms with Crippen molar-refractivity contribution in [3.63, 3.8) is 0 Å². The van der Waals surface area contributed by atoms with E-state index in [0.29, 0.717) is 18.0 Å². The van der Waals surface area contributed by atoms with Crippen LogP contribution in [0.3, 0.4) is 0 Å². The first-order chi connectivity index (χ1) is 10.9. The van der Waals surface area contributed by atoms with Crippen molar-refractivity contribution in [3.05, 3.63) is 47.9 Å². The molecule has 1 amide bonds. The van der Waals surface area contributed by atoms with Crippen molar-refractivity contribution >= 4 is 17.5 Å². The quantitative estimate of drug-likeness (QED) is 0.782. The van der Waals surface area contributed by atoms with Crippen LogP contribution in [0.15, 0.2) is 40.8 Å². The summed E-state index contributed by atoms with van der Waals surface area (Å²) >= 11 is 0. The van der Waals surface area contributed by atoms with Crippen molar-refractivity contribution in [1.82, 2.24) is 0 Å². The largest absolute Gasteiger partial charge is 0.462 e. The highest BCUT2D eigenvalue weighted by Gasteiger charge is 2.16. The molecule has 23 heavy (non-hydrogen) atoms. The molecular formula is C17H22N2O4. The first-order valence-electron chi connectivity index (χ1n) is 7.38. The number of aliphatic hydroxyl groups is 1.